The number of nitrogens with one attached hydrogen (secondary N) is 1. The zero-order valence-corrected chi connectivity index (χ0v) is 22.4. The van der Waals surface area contributed by atoms with E-state index in [0.717, 1.165) is 31.2 Å². The van der Waals surface area contributed by atoms with E-state index in [9.17, 15) is 18.8 Å². The quantitative estimate of drug-likeness (QED) is 0.522. The number of piperidine rings is 1. The van der Waals surface area contributed by atoms with Crippen LogP contribution in [-0.4, -0.2) is 65.7 Å². The van der Waals surface area contributed by atoms with Gasteiger partial charge in [-0.1, -0.05) is 18.9 Å². The summed E-state index contributed by atoms with van der Waals surface area (Å²) < 4.78 is 25.8. The lowest BCUT2D eigenvalue weighted by atomic mass is 9.95. The van der Waals surface area contributed by atoms with Gasteiger partial charge in [0.05, 0.1) is 24.4 Å². The number of methoxy groups -OCH3 is 1. The van der Waals surface area contributed by atoms with Gasteiger partial charge in [0.2, 0.25) is 11.8 Å². The van der Waals surface area contributed by atoms with Crippen molar-refractivity contribution < 1.29 is 28.2 Å². The molecule has 0 radical (unpaired) electrons. The topological polar surface area (TPSA) is 88.2 Å². The molecular weight excluding hydrogens is 477 g/mol. The number of anilines is 1. The molecule has 4 rings (SSSR count). The molecule has 3 unspecified atom stereocenters. The zero-order valence-electron chi connectivity index (χ0n) is 22.4. The highest BCUT2D eigenvalue weighted by Crippen LogP contribution is 2.39. The van der Waals surface area contributed by atoms with Gasteiger partial charge in [0.1, 0.15) is 17.5 Å². The highest BCUT2D eigenvalue weighted by Gasteiger charge is 2.42. The van der Waals surface area contributed by atoms with E-state index < -0.39 is 29.5 Å². The summed E-state index contributed by atoms with van der Waals surface area (Å²) in [5.41, 5.74) is 0.150. The summed E-state index contributed by atoms with van der Waals surface area (Å²) in [4.78, 5) is 42.1. The van der Waals surface area contributed by atoms with E-state index in [4.69, 9.17) is 9.47 Å². The number of nitrogens with zero attached hydrogens (tertiary/aromatic N) is 2. The highest BCUT2D eigenvalue weighted by atomic mass is 19.1. The average molecular weight is 518 g/mol. The van der Waals surface area contributed by atoms with Crippen LogP contribution in [0.1, 0.15) is 83.7 Å². The Hall–Kier alpha value is -2.68. The molecule has 3 atom stereocenters. The van der Waals surface area contributed by atoms with Crippen molar-refractivity contribution in [1.82, 2.24) is 9.80 Å². The van der Waals surface area contributed by atoms with Crippen LogP contribution in [0.15, 0.2) is 18.2 Å². The van der Waals surface area contributed by atoms with E-state index in [1.165, 1.54) is 30.9 Å². The number of carbonyl (C=O) groups is 3. The Balaban J connectivity index is 1.53. The van der Waals surface area contributed by atoms with E-state index >= 15 is 0 Å². The average Bonchev–Trinajstić information content (AvgIpc) is 3.56. The first-order valence-corrected chi connectivity index (χ1v) is 13.5. The molecule has 0 bridgehead atoms. The van der Waals surface area contributed by atoms with Crippen LogP contribution in [0.25, 0.3) is 0 Å². The molecule has 2 saturated heterocycles. The van der Waals surface area contributed by atoms with E-state index in [1.807, 2.05) is 4.90 Å². The van der Waals surface area contributed by atoms with Gasteiger partial charge in [0.25, 0.3) is 0 Å². The minimum absolute atomic E-state index is 0.0494. The second-order valence-electron chi connectivity index (χ2n) is 11.6. The molecule has 1 saturated carbocycles. The lowest BCUT2D eigenvalue weighted by Crippen LogP contribution is -2.45. The maximum Gasteiger partial charge on any atom is 0.411 e. The SMILES string of the molecule is COC1CC(C(=O)Nc2cc(C(CCC3CC3)N3CCCCC3=O)ccc2F)N(C(=O)OC(C)(C)C)C1. The smallest absolute Gasteiger partial charge is 0.411 e. The Bertz CT molecular complexity index is 1010. The first-order chi connectivity index (χ1) is 17.6. The largest absolute Gasteiger partial charge is 0.444 e. The second-order valence-corrected chi connectivity index (χ2v) is 11.6. The van der Waals surface area contributed by atoms with Crippen molar-refractivity contribution in [2.24, 2.45) is 5.92 Å². The van der Waals surface area contributed by atoms with Crippen molar-refractivity contribution in [3.05, 3.63) is 29.6 Å². The first-order valence-electron chi connectivity index (χ1n) is 13.5. The van der Waals surface area contributed by atoms with Crippen LogP contribution in [-0.2, 0) is 19.1 Å². The van der Waals surface area contributed by atoms with Crippen molar-refractivity contribution in [2.45, 2.75) is 95.9 Å². The summed E-state index contributed by atoms with van der Waals surface area (Å²) in [5.74, 6) is -0.221. The molecule has 2 aliphatic heterocycles. The van der Waals surface area contributed by atoms with Gasteiger partial charge >= 0.3 is 6.09 Å². The molecule has 3 amide bonds. The summed E-state index contributed by atoms with van der Waals surface area (Å²) in [6, 6.07) is 3.72. The Morgan fingerprint density at radius 1 is 1.22 bits per heavy atom. The maximum atomic E-state index is 14.9. The van der Waals surface area contributed by atoms with Crippen molar-refractivity contribution >= 4 is 23.6 Å². The van der Waals surface area contributed by atoms with Crippen molar-refractivity contribution in [2.75, 3.05) is 25.5 Å². The van der Waals surface area contributed by atoms with E-state index in [1.54, 1.807) is 32.9 Å². The van der Waals surface area contributed by atoms with Crippen LogP contribution < -0.4 is 5.32 Å². The molecule has 3 fully saturated rings. The number of ether oxygens (including phenoxy) is 2. The number of carbonyl (C=O) groups excluding carboxylic acids is 3. The number of rotatable bonds is 8. The van der Waals surface area contributed by atoms with Gasteiger partial charge in [-0.15, -0.1) is 0 Å². The summed E-state index contributed by atoms with van der Waals surface area (Å²) in [7, 11) is 1.53. The number of amides is 3. The predicted octanol–water partition coefficient (Wildman–Crippen LogP) is 5.03. The zero-order chi connectivity index (χ0) is 26.7. The minimum Gasteiger partial charge on any atom is -0.444 e. The lowest BCUT2D eigenvalue weighted by molar-refractivity contribution is -0.136. The van der Waals surface area contributed by atoms with Gasteiger partial charge in [-0.05, 0) is 70.1 Å². The normalized spacial score (nSPS) is 23.2. The van der Waals surface area contributed by atoms with Crippen molar-refractivity contribution in [3.8, 4) is 0 Å². The van der Waals surface area contributed by atoms with Crippen LogP contribution in [0.2, 0.25) is 0 Å². The third-order valence-corrected chi connectivity index (χ3v) is 7.44. The highest BCUT2D eigenvalue weighted by molar-refractivity contribution is 5.97. The molecule has 8 nitrogen and oxygen atoms in total. The fourth-order valence-corrected chi connectivity index (χ4v) is 5.26. The van der Waals surface area contributed by atoms with Crippen molar-refractivity contribution in [3.63, 3.8) is 0 Å². The van der Waals surface area contributed by atoms with E-state index in [-0.39, 0.29) is 36.7 Å². The summed E-state index contributed by atoms with van der Waals surface area (Å²) in [6.07, 6.45) is 6.04. The number of likely N-dealkylation sites (tertiary alicyclic amines) is 2. The van der Waals surface area contributed by atoms with Crippen LogP contribution in [0.4, 0.5) is 14.9 Å². The number of hydrogen-bond donors (Lipinski definition) is 1. The summed E-state index contributed by atoms with van der Waals surface area (Å²) >= 11 is 0. The Labute approximate surface area is 218 Å². The first kappa shape index (κ1) is 27.4. The van der Waals surface area contributed by atoms with Gasteiger partial charge in [-0.3, -0.25) is 14.5 Å². The van der Waals surface area contributed by atoms with E-state index in [0.29, 0.717) is 18.9 Å². The van der Waals surface area contributed by atoms with Gasteiger partial charge in [-0.2, -0.15) is 0 Å². The molecule has 0 spiro atoms. The molecule has 1 N–H and O–H groups in total. The third-order valence-electron chi connectivity index (χ3n) is 7.44. The van der Waals surface area contributed by atoms with Crippen LogP contribution in [0.5, 0.6) is 0 Å². The Morgan fingerprint density at radius 2 is 1.97 bits per heavy atom. The minimum atomic E-state index is -0.850. The molecule has 37 heavy (non-hydrogen) atoms. The van der Waals surface area contributed by atoms with E-state index in [2.05, 4.69) is 5.32 Å². The Morgan fingerprint density at radius 3 is 2.62 bits per heavy atom. The molecule has 1 aromatic rings. The summed E-state index contributed by atoms with van der Waals surface area (Å²) in [5, 5.41) is 2.71. The van der Waals surface area contributed by atoms with Crippen LogP contribution >= 0.6 is 0 Å². The monoisotopic (exact) mass is 517 g/mol. The Kier molecular flexibility index (Phi) is 8.41. The molecule has 3 aliphatic rings. The fraction of sp³-hybridized carbons (Fsp3) is 0.679. The molecule has 9 heteroatoms. The number of benzene rings is 1. The van der Waals surface area contributed by atoms with Gasteiger partial charge < -0.3 is 19.7 Å². The van der Waals surface area contributed by atoms with Gasteiger partial charge in [0.15, 0.2) is 0 Å². The van der Waals surface area contributed by atoms with Crippen LogP contribution in [0, 0.1) is 11.7 Å². The van der Waals surface area contributed by atoms with Crippen molar-refractivity contribution in [1.29, 1.82) is 0 Å². The van der Waals surface area contributed by atoms with Gasteiger partial charge in [-0.25, -0.2) is 9.18 Å². The molecule has 1 aromatic carbocycles. The molecular formula is C28H40FN3O5. The maximum absolute atomic E-state index is 14.9. The molecule has 0 aromatic heterocycles. The number of hydrogen-bond acceptors (Lipinski definition) is 5. The molecule has 204 valence electrons. The second kappa shape index (κ2) is 11.4. The van der Waals surface area contributed by atoms with Crippen LogP contribution in [0.3, 0.4) is 0 Å². The molecule has 2 heterocycles. The molecule has 1 aliphatic carbocycles. The number of halogens is 1. The lowest BCUT2D eigenvalue weighted by Gasteiger charge is -2.35. The third kappa shape index (κ3) is 7.00. The standard InChI is InChI=1S/C28H40FN3O5/c1-28(2,3)37-27(35)32-17-20(36-4)16-24(32)26(34)30-22-15-19(11-12-21(22)29)23(13-10-18-8-9-18)31-14-6-5-7-25(31)33/h11-12,15,18,20,23-24H,5-10,13-14,16-17H2,1-4H3,(H,30,34). The fourth-order valence-electron chi connectivity index (χ4n) is 5.26. The predicted molar refractivity (Wildman–Crippen MR) is 137 cm³/mol. The summed E-state index contributed by atoms with van der Waals surface area (Å²) in [6.45, 7) is 6.19. The van der Waals surface area contributed by atoms with Gasteiger partial charge in [0, 0.05) is 26.5 Å².